The minimum atomic E-state index is -4.99. The largest absolute Gasteiger partial charge is 0.480 e. The Hall–Kier alpha value is -3.56. The van der Waals surface area contributed by atoms with Crippen molar-refractivity contribution in [3.63, 3.8) is 0 Å². The first-order valence-corrected chi connectivity index (χ1v) is 10.8. The second-order valence-corrected chi connectivity index (χ2v) is 7.99. The van der Waals surface area contributed by atoms with Crippen molar-refractivity contribution in [3.05, 3.63) is 59.7 Å². The van der Waals surface area contributed by atoms with Gasteiger partial charge in [-0.05, 0) is 28.7 Å². The van der Waals surface area contributed by atoms with Crippen LogP contribution in [0.1, 0.15) is 36.8 Å². The van der Waals surface area contributed by atoms with Gasteiger partial charge in [0.1, 0.15) is 12.6 Å². The molecule has 2 atom stereocenters. The third-order valence-corrected chi connectivity index (χ3v) is 5.70. The van der Waals surface area contributed by atoms with E-state index in [-0.39, 0.29) is 18.9 Å². The second kappa shape index (κ2) is 10.6. The number of halogens is 3. The lowest BCUT2D eigenvalue weighted by Crippen LogP contribution is -2.50. The molecule has 0 bridgehead atoms. The lowest BCUT2D eigenvalue weighted by molar-refractivity contribution is -0.182. The van der Waals surface area contributed by atoms with Gasteiger partial charge >= 0.3 is 18.2 Å². The summed E-state index contributed by atoms with van der Waals surface area (Å²) in [6.07, 6.45) is -5.76. The van der Waals surface area contributed by atoms with Crippen molar-refractivity contribution < 1.29 is 37.4 Å². The number of hydrogen-bond donors (Lipinski definition) is 3. The molecule has 0 aromatic heterocycles. The fraction of sp³-hybridized carbons (Fsp3) is 0.375. The molecule has 1 aliphatic rings. The van der Waals surface area contributed by atoms with Crippen molar-refractivity contribution in [2.75, 3.05) is 13.2 Å². The standard InChI is InChI=1S/C24H25F3N2O5/c1-2-7-20(22(31)32)29-21(30)19(24(25,26)27)12-28-23(33)34-13-18-16-10-5-3-8-14(16)15-9-4-6-11-17(15)18/h3-6,8-11,18-20H,2,7,12-13H2,1H3,(H,28,33)(H,29,30)(H,31,32). The number of alkyl carbamates (subject to hydrolysis) is 1. The minimum Gasteiger partial charge on any atom is -0.480 e. The van der Waals surface area contributed by atoms with Crippen LogP contribution in [0.2, 0.25) is 0 Å². The molecule has 2 aromatic rings. The van der Waals surface area contributed by atoms with Crippen LogP contribution in [0, 0.1) is 5.92 Å². The molecule has 34 heavy (non-hydrogen) atoms. The number of fused-ring (bicyclic) bond motifs is 3. The van der Waals surface area contributed by atoms with Crippen LogP contribution in [-0.4, -0.2) is 48.4 Å². The van der Waals surface area contributed by atoms with Crippen LogP contribution in [0.15, 0.2) is 48.5 Å². The third-order valence-electron chi connectivity index (χ3n) is 5.70. The Morgan fingerprint density at radius 3 is 2.09 bits per heavy atom. The molecule has 0 saturated heterocycles. The molecule has 2 aromatic carbocycles. The van der Waals surface area contributed by atoms with Gasteiger partial charge in [0.25, 0.3) is 0 Å². The Morgan fingerprint density at radius 1 is 1.03 bits per heavy atom. The molecule has 3 rings (SSSR count). The van der Waals surface area contributed by atoms with Crippen molar-refractivity contribution in [1.82, 2.24) is 10.6 Å². The van der Waals surface area contributed by atoms with E-state index in [1.165, 1.54) is 0 Å². The highest BCUT2D eigenvalue weighted by molar-refractivity contribution is 5.86. The molecule has 0 radical (unpaired) electrons. The maximum atomic E-state index is 13.4. The van der Waals surface area contributed by atoms with Crippen molar-refractivity contribution in [3.8, 4) is 11.1 Å². The van der Waals surface area contributed by atoms with Crippen molar-refractivity contribution in [2.45, 2.75) is 37.9 Å². The quantitative estimate of drug-likeness (QED) is 0.504. The van der Waals surface area contributed by atoms with Gasteiger partial charge < -0.3 is 20.5 Å². The number of carbonyl (C=O) groups is 3. The van der Waals surface area contributed by atoms with Gasteiger partial charge in [-0.3, -0.25) is 4.79 Å². The predicted octanol–water partition coefficient (Wildman–Crippen LogP) is 4.07. The monoisotopic (exact) mass is 478 g/mol. The molecule has 2 amide bonds. The van der Waals surface area contributed by atoms with E-state index < -0.39 is 42.7 Å². The number of amides is 2. The van der Waals surface area contributed by atoms with E-state index in [9.17, 15) is 27.6 Å². The van der Waals surface area contributed by atoms with Gasteiger partial charge in [-0.25, -0.2) is 9.59 Å². The zero-order valence-corrected chi connectivity index (χ0v) is 18.4. The van der Waals surface area contributed by atoms with Crippen LogP contribution >= 0.6 is 0 Å². The van der Waals surface area contributed by atoms with E-state index >= 15 is 0 Å². The third kappa shape index (κ3) is 5.67. The summed E-state index contributed by atoms with van der Waals surface area (Å²) < 4.78 is 45.5. The highest BCUT2D eigenvalue weighted by atomic mass is 19.4. The lowest BCUT2D eigenvalue weighted by atomic mass is 9.98. The fourth-order valence-electron chi connectivity index (χ4n) is 4.01. The first-order valence-electron chi connectivity index (χ1n) is 10.8. The highest BCUT2D eigenvalue weighted by Gasteiger charge is 2.46. The smallest absolute Gasteiger partial charge is 0.407 e. The van der Waals surface area contributed by atoms with E-state index in [4.69, 9.17) is 9.84 Å². The molecule has 0 spiro atoms. The summed E-state index contributed by atoms with van der Waals surface area (Å²) in [5.74, 6) is -5.84. The number of benzene rings is 2. The number of nitrogens with one attached hydrogen (secondary N) is 2. The number of hydrogen-bond acceptors (Lipinski definition) is 4. The number of carboxylic acid groups (broad SMARTS) is 1. The van der Waals surface area contributed by atoms with Crippen LogP contribution in [0.25, 0.3) is 11.1 Å². The topological polar surface area (TPSA) is 105 Å². The van der Waals surface area contributed by atoms with E-state index in [1.54, 1.807) is 6.92 Å². The van der Waals surface area contributed by atoms with Crippen LogP contribution in [0.5, 0.6) is 0 Å². The summed E-state index contributed by atoms with van der Waals surface area (Å²) in [6, 6.07) is 13.7. The molecule has 1 aliphatic carbocycles. The van der Waals surface area contributed by atoms with E-state index in [1.807, 2.05) is 59.2 Å². The van der Waals surface area contributed by atoms with Crippen LogP contribution in [0.4, 0.5) is 18.0 Å². The molecule has 2 unspecified atom stereocenters. The van der Waals surface area contributed by atoms with E-state index in [0.717, 1.165) is 22.3 Å². The molecule has 182 valence electrons. The summed E-state index contributed by atoms with van der Waals surface area (Å²) >= 11 is 0. The Morgan fingerprint density at radius 2 is 1.59 bits per heavy atom. The van der Waals surface area contributed by atoms with Gasteiger partial charge in [0.05, 0.1) is 0 Å². The summed E-state index contributed by atoms with van der Waals surface area (Å²) in [6.45, 7) is 0.465. The molecule has 3 N–H and O–H groups in total. The molecular formula is C24H25F3N2O5. The maximum Gasteiger partial charge on any atom is 0.407 e. The van der Waals surface area contributed by atoms with Crippen molar-refractivity contribution in [1.29, 1.82) is 0 Å². The van der Waals surface area contributed by atoms with Crippen LogP contribution in [0.3, 0.4) is 0 Å². The summed E-state index contributed by atoms with van der Waals surface area (Å²) in [4.78, 5) is 35.5. The predicted molar refractivity (Wildman–Crippen MR) is 117 cm³/mol. The number of alkyl halides is 3. The second-order valence-electron chi connectivity index (χ2n) is 7.99. The number of carboxylic acids is 1. The molecule has 0 fully saturated rings. The number of ether oxygens (including phenoxy) is 1. The van der Waals surface area contributed by atoms with Gasteiger partial charge in [-0.15, -0.1) is 0 Å². The molecule has 0 heterocycles. The first-order chi connectivity index (χ1) is 16.1. The fourth-order valence-corrected chi connectivity index (χ4v) is 4.01. The molecule has 0 aliphatic heterocycles. The Labute approximate surface area is 194 Å². The average molecular weight is 478 g/mol. The minimum absolute atomic E-state index is 0.0224. The Balaban J connectivity index is 1.62. The highest BCUT2D eigenvalue weighted by Crippen LogP contribution is 2.44. The van der Waals surface area contributed by atoms with Crippen LogP contribution < -0.4 is 10.6 Å². The van der Waals surface area contributed by atoms with Crippen molar-refractivity contribution in [2.24, 2.45) is 5.92 Å². The molecule has 10 heteroatoms. The first kappa shape index (κ1) is 25.1. The zero-order chi connectivity index (χ0) is 24.9. The Bertz CT molecular complexity index is 1010. The average Bonchev–Trinajstić information content (AvgIpc) is 3.10. The van der Waals surface area contributed by atoms with Gasteiger partial charge in [0, 0.05) is 12.5 Å². The number of carbonyl (C=O) groups excluding carboxylic acids is 2. The summed E-state index contributed by atoms with van der Waals surface area (Å²) in [7, 11) is 0. The molecule has 7 nitrogen and oxygen atoms in total. The SMILES string of the molecule is CCCC(NC(=O)C(CNC(=O)OCC1c2ccccc2-c2ccccc21)C(F)(F)F)C(=O)O. The summed E-state index contributed by atoms with van der Waals surface area (Å²) in [5, 5.41) is 13.0. The number of aliphatic carboxylic acids is 1. The summed E-state index contributed by atoms with van der Waals surface area (Å²) in [5.41, 5.74) is 3.89. The normalized spacial score (nSPS) is 14.5. The zero-order valence-electron chi connectivity index (χ0n) is 18.4. The number of rotatable bonds is 9. The van der Waals surface area contributed by atoms with Gasteiger partial charge in [-0.2, -0.15) is 13.2 Å². The molecular weight excluding hydrogens is 453 g/mol. The lowest BCUT2D eigenvalue weighted by Gasteiger charge is -2.22. The van der Waals surface area contributed by atoms with Crippen LogP contribution in [-0.2, 0) is 14.3 Å². The Kier molecular flexibility index (Phi) is 7.80. The molecule has 0 saturated carbocycles. The maximum absolute atomic E-state index is 13.4. The van der Waals surface area contributed by atoms with Gasteiger partial charge in [0.2, 0.25) is 5.91 Å². The van der Waals surface area contributed by atoms with Gasteiger partial charge in [0.15, 0.2) is 5.92 Å². The van der Waals surface area contributed by atoms with Crippen molar-refractivity contribution >= 4 is 18.0 Å². The van der Waals surface area contributed by atoms with E-state index in [0.29, 0.717) is 6.42 Å². The van der Waals surface area contributed by atoms with Gasteiger partial charge in [-0.1, -0.05) is 61.9 Å². The van der Waals surface area contributed by atoms with E-state index in [2.05, 4.69) is 0 Å².